The van der Waals surface area contributed by atoms with Crippen LogP contribution < -0.4 is 5.32 Å². The minimum Gasteiger partial charge on any atom is -0.318 e. The highest BCUT2D eigenvalue weighted by molar-refractivity contribution is 7.08. The SMILES string of the molecule is C[C@]1(c2ccccc2)NC(=O)N(/N=C\c2ccsc2)C1=O. The molecule has 1 aliphatic rings. The molecule has 2 heterocycles. The van der Waals surface area contributed by atoms with E-state index in [1.54, 1.807) is 6.92 Å². The number of amides is 3. The molecule has 2 aromatic rings. The second-order valence-corrected chi connectivity index (χ2v) is 5.62. The van der Waals surface area contributed by atoms with Gasteiger partial charge in [0.25, 0.3) is 5.91 Å². The number of rotatable bonds is 3. The number of carbonyl (C=O) groups excluding carboxylic acids is 2. The first-order valence-electron chi connectivity index (χ1n) is 6.40. The van der Waals surface area contributed by atoms with Crippen molar-refractivity contribution in [3.05, 3.63) is 58.3 Å². The van der Waals surface area contributed by atoms with Crippen molar-refractivity contribution in [3.8, 4) is 0 Å². The van der Waals surface area contributed by atoms with E-state index in [4.69, 9.17) is 0 Å². The third-order valence-corrected chi connectivity index (χ3v) is 4.09. The molecule has 1 aromatic heterocycles. The molecule has 1 aliphatic heterocycles. The Morgan fingerprint density at radius 2 is 2.00 bits per heavy atom. The Morgan fingerprint density at radius 3 is 2.67 bits per heavy atom. The van der Waals surface area contributed by atoms with Gasteiger partial charge in [-0.1, -0.05) is 30.3 Å². The molecule has 0 saturated carbocycles. The summed E-state index contributed by atoms with van der Waals surface area (Å²) in [6.45, 7) is 1.68. The predicted octanol–water partition coefficient (Wildman–Crippen LogP) is 2.55. The van der Waals surface area contributed by atoms with Crippen LogP contribution in [0.1, 0.15) is 18.1 Å². The normalized spacial score (nSPS) is 22.0. The molecule has 3 amide bonds. The van der Waals surface area contributed by atoms with E-state index in [9.17, 15) is 9.59 Å². The molecule has 0 spiro atoms. The van der Waals surface area contributed by atoms with Gasteiger partial charge in [-0.2, -0.15) is 16.4 Å². The topological polar surface area (TPSA) is 61.8 Å². The van der Waals surface area contributed by atoms with Crippen LogP contribution in [0.3, 0.4) is 0 Å². The van der Waals surface area contributed by atoms with Gasteiger partial charge in [-0.05, 0) is 29.3 Å². The highest BCUT2D eigenvalue weighted by Gasteiger charge is 2.49. The van der Waals surface area contributed by atoms with Gasteiger partial charge in [0, 0.05) is 5.56 Å². The zero-order chi connectivity index (χ0) is 14.9. The smallest absolute Gasteiger partial charge is 0.318 e. The number of nitrogens with zero attached hydrogens (tertiary/aromatic N) is 2. The molecule has 106 valence electrons. The molecule has 21 heavy (non-hydrogen) atoms. The van der Waals surface area contributed by atoms with Crippen LogP contribution >= 0.6 is 11.3 Å². The fraction of sp³-hybridized carbons (Fsp3) is 0.133. The molecule has 1 saturated heterocycles. The van der Waals surface area contributed by atoms with Gasteiger partial charge in [0.05, 0.1) is 6.21 Å². The van der Waals surface area contributed by atoms with Crippen LogP contribution in [-0.4, -0.2) is 23.2 Å². The molecular weight excluding hydrogens is 286 g/mol. The van der Waals surface area contributed by atoms with E-state index in [2.05, 4.69) is 10.4 Å². The lowest BCUT2D eigenvalue weighted by molar-refractivity contribution is -0.131. The summed E-state index contributed by atoms with van der Waals surface area (Å²) in [6.07, 6.45) is 1.50. The Labute approximate surface area is 125 Å². The van der Waals surface area contributed by atoms with E-state index in [-0.39, 0.29) is 5.91 Å². The van der Waals surface area contributed by atoms with Gasteiger partial charge >= 0.3 is 6.03 Å². The fourth-order valence-corrected chi connectivity index (χ4v) is 2.78. The van der Waals surface area contributed by atoms with Crippen molar-refractivity contribution in [3.63, 3.8) is 0 Å². The van der Waals surface area contributed by atoms with E-state index < -0.39 is 11.6 Å². The summed E-state index contributed by atoms with van der Waals surface area (Å²) in [5, 5.41) is 11.4. The summed E-state index contributed by atoms with van der Waals surface area (Å²) < 4.78 is 0. The number of nitrogens with one attached hydrogen (secondary N) is 1. The summed E-state index contributed by atoms with van der Waals surface area (Å²) in [5.74, 6) is -0.384. The van der Waals surface area contributed by atoms with Gasteiger partial charge in [-0.25, -0.2) is 4.79 Å². The zero-order valence-corrected chi connectivity index (χ0v) is 12.1. The maximum atomic E-state index is 12.5. The van der Waals surface area contributed by atoms with E-state index in [0.717, 1.165) is 16.1 Å². The Kier molecular flexibility index (Phi) is 3.31. The van der Waals surface area contributed by atoms with Gasteiger partial charge in [-0.3, -0.25) is 4.79 Å². The van der Waals surface area contributed by atoms with Crippen LogP contribution in [0, 0.1) is 0 Å². The molecule has 1 fully saturated rings. The monoisotopic (exact) mass is 299 g/mol. The quantitative estimate of drug-likeness (QED) is 0.699. The standard InChI is InChI=1S/C15H13N3O2S/c1-15(12-5-3-2-4-6-12)13(19)18(14(20)17-15)16-9-11-7-8-21-10-11/h2-10H,1H3,(H,17,20)/b16-9-/t15-/m1/s1. The van der Waals surface area contributed by atoms with Gasteiger partial charge in [0.15, 0.2) is 0 Å². The first-order valence-corrected chi connectivity index (χ1v) is 7.34. The highest BCUT2D eigenvalue weighted by Crippen LogP contribution is 2.28. The Bertz CT molecular complexity index is 697. The predicted molar refractivity (Wildman–Crippen MR) is 81.1 cm³/mol. The Morgan fingerprint density at radius 1 is 1.24 bits per heavy atom. The van der Waals surface area contributed by atoms with Gasteiger partial charge in [0.2, 0.25) is 0 Å². The molecule has 0 unspecified atom stereocenters. The number of thiophene rings is 1. The summed E-state index contributed by atoms with van der Waals surface area (Å²) in [5.41, 5.74) is 0.509. The van der Waals surface area contributed by atoms with Crippen LogP contribution in [0.4, 0.5) is 4.79 Å². The van der Waals surface area contributed by atoms with Crippen molar-refractivity contribution in [2.75, 3.05) is 0 Å². The fourth-order valence-electron chi connectivity index (χ4n) is 2.17. The molecule has 1 atom stereocenters. The molecule has 1 N–H and O–H groups in total. The summed E-state index contributed by atoms with van der Waals surface area (Å²) in [6, 6.07) is 10.5. The number of urea groups is 1. The largest absolute Gasteiger partial charge is 0.346 e. The van der Waals surface area contributed by atoms with E-state index >= 15 is 0 Å². The van der Waals surface area contributed by atoms with E-state index in [1.807, 2.05) is 47.2 Å². The zero-order valence-electron chi connectivity index (χ0n) is 11.3. The van der Waals surface area contributed by atoms with Crippen LogP contribution in [0.15, 0.2) is 52.3 Å². The number of benzene rings is 1. The lowest BCUT2D eigenvalue weighted by Gasteiger charge is -2.20. The molecule has 6 heteroatoms. The number of hydrogen-bond donors (Lipinski definition) is 1. The second kappa shape index (κ2) is 5.14. The average Bonchev–Trinajstić information content (AvgIpc) is 3.07. The van der Waals surface area contributed by atoms with Crippen molar-refractivity contribution in [2.45, 2.75) is 12.5 Å². The second-order valence-electron chi connectivity index (χ2n) is 4.84. The highest BCUT2D eigenvalue weighted by atomic mass is 32.1. The van der Waals surface area contributed by atoms with Gasteiger partial charge < -0.3 is 5.32 Å². The third-order valence-electron chi connectivity index (χ3n) is 3.39. The maximum Gasteiger partial charge on any atom is 0.346 e. The molecule has 1 aromatic carbocycles. The summed E-state index contributed by atoms with van der Waals surface area (Å²) >= 11 is 1.53. The third kappa shape index (κ3) is 2.34. The first-order chi connectivity index (χ1) is 10.1. The first kappa shape index (κ1) is 13.5. The van der Waals surface area contributed by atoms with Crippen molar-refractivity contribution >= 4 is 29.5 Å². The van der Waals surface area contributed by atoms with Crippen molar-refractivity contribution in [1.82, 2.24) is 10.3 Å². The van der Waals surface area contributed by atoms with Crippen LogP contribution in [0.5, 0.6) is 0 Å². The van der Waals surface area contributed by atoms with Crippen LogP contribution in [0.25, 0.3) is 0 Å². The molecule has 3 rings (SSSR count). The van der Waals surface area contributed by atoms with E-state index in [0.29, 0.717) is 0 Å². The minimum atomic E-state index is -1.08. The summed E-state index contributed by atoms with van der Waals surface area (Å²) in [7, 11) is 0. The van der Waals surface area contributed by atoms with Crippen molar-refractivity contribution in [1.29, 1.82) is 0 Å². The number of imide groups is 1. The van der Waals surface area contributed by atoms with Crippen LogP contribution in [0.2, 0.25) is 0 Å². The molecule has 0 radical (unpaired) electrons. The Balaban J connectivity index is 1.89. The lowest BCUT2D eigenvalue weighted by atomic mass is 9.92. The Hall–Kier alpha value is -2.47. The van der Waals surface area contributed by atoms with Crippen molar-refractivity contribution in [2.24, 2.45) is 5.10 Å². The van der Waals surface area contributed by atoms with E-state index in [1.165, 1.54) is 17.6 Å². The summed E-state index contributed by atoms with van der Waals surface area (Å²) in [4.78, 5) is 24.5. The average molecular weight is 299 g/mol. The van der Waals surface area contributed by atoms with Crippen molar-refractivity contribution < 1.29 is 9.59 Å². The number of carbonyl (C=O) groups is 2. The number of hydrogen-bond acceptors (Lipinski definition) is 4. The minimum absolute atomic E-state index is 0.384. The molecule has 0 aliphatic carbocycles. The van der Waals surface area contributed by atoms with Crippen LogP contribution in [-0.2, 0) is 10.3 Å². The maximum absolute atomic E-state index is 12.5. The number of hydrazone groups is 1. The lowest BCUT2D eigenvalue weighted by Crippen LogP contribution is -2.40. The van der Waals surface area contributed by atoms with Gasteiger partial charge in [0.1, 0.15) is 5.54 Å². The molecular formula is C15H13N3O2S. The molecule has 0 bridgehead atoms. The van der Waals surface area contributed by atoms with Gasteiger partial charge in [-0.15, -0.1) is 5.01 Å². The molecule has 5 nitrogen and oxygen atoms in total.